The summed E-state index contributed by atoms with van der Waals surface area (Å²) in [6.07, 6.45) is 2.19. The van der Waals surface area contributed by atoms with E-state index < -0.39 is 0 Å². The van der Waals surface area contributed by atoms with Gasteiger partial charge in [-0.3, -0.25) is 9.36 Å². The summed E-state index contributed by atoms with van der Waals surface area (Å²) in [7, 11) is 1.60. The van der Waals surface area contributed by atoms with Crippen molar-refractivity contribution in [2.24, 2.45) is 7.05 Å². The standard InChI is InChI=1S/C22H19FN4O3.ClH/c1-27-20-15(12-19(21(27)29)30-18-8-4-16(23)5-9-18)13-24-22(26-20)25-17-6-2-14(3-7-17)10-11-28;/h2-9,12-13,28H,10-11H2,1H3,(H,24,25,26);1H. The van der Waals surface area contributed by atoms with Gasteiger partial charge < -0.3 is 15.2 Å². The number of fused-ring (bicyclic) bond motifs is 1. The largest absolute Gasteiger partial charge is 0.452 e. The smallest absolute Gasteiger partial charge is 0.294 e. The van der Waals surface area contributed by atoms with Crippen LogP contribution in [0.15, 0.2) is 65.6 Å². The van der Waals surface area contributed by atoms with Gasteiger partial charge in [-0.1, -0.05) is 12.1 Å². The minimum absolute atomic E-state index is 0. The van der Waals surface area contributed by atoms with Crippen LogP contribution in [-0.4, -0.2) is 26.2 Å². The molecule has 2 heterocycles. The van der Waals surface area contributed by atoms with Crippen molar-refractivity contribution < 1.29 is 14.2 Å². The maximum Gasteiger partial charge on any atom is 0.294 e. The van der Waals surface area contributed by atoms with Crippen LogP contribution in [0.3, 0.4) is 0 Å². The first-order valence-electron chi connectivity index (χ1n) is 9.30. The number of aliphatic hydroxyl groups excluding tert-OH is 1. The van der Waals surface area contributed by atoms with Crippen molar-refractivity contribution in [3.63, 3.8) is 0 Å². The van der Waals surface area contributed by atoms with Gasteiger partial charge in [0.15, 0.2) is 5.75 Å². The fourth-order valence-electron chi connectivity index (χ4n) is 2.99. The van der Waals surface area contributed by atoms with Gasteiger partial charge in [-0.2, -0.15) is 4.98 Å². The van der Waals surface area contributed by atoms with Crippen LogP contribution >= 0.6 is 12.4 Å². The van der Waals surface area contributed by atoms with Gasteiger partial charge in [-0.15, -0.1) is 12.4 Å². The van der Waals surface area contributed by atoms with Gasteiger partial charge in [-0.05, 0) is 54.4 Å². The highest BCUT2D eigenvalue weighted by Crippen LogP contribution is 2.23. The van der Waals surface area contributed by atoms with Crippen LogP contribution in [0.2, 0.25) is 0 Å². The highest BCUT2D eigenvalue weighted by Gasteiger charge is 2.12. The fraction of sp³-hybridized carbons (Fsp3) is 0.136. The predicted molar refractivity (Wildman–Crippen MR) is 119 cm³/mol. The molecule has 0 bridgehead atoms. The third kappa shape index (κ3) is 4.99. The lowest BCUT2D eigenvalue weighted by Gasteiger charge is -2.11. The van der Waals surface area contributed by atoms with E-state index in [4.69, 9.17) is 9.84 Å². The Balaban J connectivity index is 0.00000272. The first kappa shape index (κ1) is 22.2. The average Bonchev–Trinajstić information content (AvgIpc) is 2.75. The lowest BCUT2D eigenvalue weighted by molar-refractivity contribution is 0.299. The molecule has 0 aliphatic heterocycles. The number of aryl methyl sites for hydroxylation is 1. The van der Waals surface area contributed by atoms with E-state index in [1.807, 2.05) is 24.3 Å². The van der Waals surface area contributed by atoms with Crippen LogP contribution in [0, 0.1) is 5.82 Å². The zero-order valence-corrected chi connectivity index (χ0v) is 17.4. The number of hydrogen-bond donors (Lipinski definition) is 2. The summed E-state index contributed by atoms with van der Waals surface area (Å²) in [6.45, 7) is 0.0987. The number of nitrogens with zero attached hydrogens (tertiary/aromatic N) is 3. The van der Waals surface area contributed by atoms with E-state index in [0.29, 0.717) is 29.2 Å². The van der Waals surface area contributed by atoms with Gasteiger partial charge in [0.25, 0.3) is 5.56 Å². The predicted octanol–water partition coefficient (Wildman–Crippen LogP) is 3.96. The monoisotopic (exact) mass is 442 g/mol. The molecule has 4 rings (SSSR count). The van der Waals surface area contributed by atoms with Crippen LogP contribution in [-0.2, 0) is 13.5 Å². The Kier molecular flexibility index (Phi) is 6.84. The molecule has 2 aromatic carbocycles. The molecule has 4 aromatic rings. The van der Waals surface area contributed by atoms with Crippen molar-refractivity contribution in [1.82, 2.24) is 14.5 Å². The Morgan fingerprint density at radius 3 is 2.52 bits per heavy atom. The summed E-state index contributed by atoms with van der Waals surface area (Å²) in [5.74, 6) is 0.418. The number of ether oxygens (including phenoxy) is 1. The summed E-state index contributed by atoms with van der Waals surface area (Å²) in [6, 6.07) is 14.6. The molecular weight excluding hydrogens is 423 g/mol. The third-order valence-corrected chi connectivity index (χ3v) is 4.57. The molecule has 31 heavy (non-hydrogen) atoms. The average molecular weight is 443 g/mol. The highest BCUT2D eigenvalue weighted by atomic mass is 35.5. The first-order valence-corrected chi connectivity index (χ1v) is 9.30. The van der Waals surface area contributed by atoms with Crippen molar-refractivity contribution in [3.8, 4) is 11.5 Å². The lowest BCUT2D eigenvalue weighted by atomic mass is 10.1. The van der Waals surface area contributed by atoms with Gasteiger partial charge in [0, 0.05) is 30.9 Å². The van der Waals surface area contributed by atoms with Crippen LogP contribution in [0.4, 0.5) is 16.0 Å². The molecule has 0 aliphatic rings. The first-order chi connectivity index (χ1) is 14.5. The number of aliphatic hydroxyl groups is 1. The van der Waals surface area contributed by atoms with Crippen LogP contribution in [0.5, 0.6) is 11.5 Å². The molecule has 0 spiro atoms. The number of pyridine rings is 1. The van der Waals surface area contributed by atoms with Gasteiger partial charge >= 0.3 is 0 Å². The molecule has 7 nitrogen and oxygen atoms in total. The number of halogens is 2. The Hall–Kier alpha value is -3.49. The van der Waals surface area contributed by atoms with Crippen molar-refractivity contribution in [1.29, 1.82) is 0 Å². The molecular formula is C22H20ClFN4O3. The third-order valence-electron chi connectivity index (χ3n) is 4.57. The zero-order chi connectivity index (χ0) is 21.1. The van der Waals surface area contributed by atoms with E-state index >= 15 is 0 Å². The van der Waals surface area contributed by atoms with Gasteiger partial charge in [0.05, 0.1) is 0 Å². The lowest BCUT2D eigenvalue weighted by Crippen LogP contribution is -2.19. The fourth-order valence-corrected chi connectivity index (χ4v) is 2.99. The van der Waals surface area contributed by atoms with E-state index in [2.05, 4.69) is 15.3 Å². The minimum atomic E-state index is -0.384. The second-order valence-electron chi connectivity index (χ2n) is 6.70. The number of rotatable bonds is 6. The van der Waals surface area contributed by atoms with E-state index in [1.54, 1.807) is 19.3 Å². The zero-order valence-electron chi connectivity index (χ0n) is 16.6. The number of benzene rings is 2. The molecule has 0 saturated heterocycles. The summed E-state index contributed by atoms with van der Waals surface area (Å²) >= 11 is 0. The summed E-state index contributed by atoms with van der Waals surface area (Å²) in [4.78, 5) is 21.4. The molecule has 0 fully saturated rings. The van der Waals surface area contributed by atoms with Crippen LogP contribution in [0.1, 0.15) is 5.56 Å². The maximum atomic E-state index is 13.1. The molecule has 0 atom stereocenters. The summed E-state index contributed by atoms with van der Waals surface area (Å²) in [5.41, 5.74) is 1.89. The molecule has 0 aliphatic carbocycles. The number of aromatic nitrogens is 3. The molecule has 0 unspecified atom stereocenters. The van der Waals surface area contributed by atoms with E-state index in [0.717, 1.165) is 11.3 Å². The van der Waals surface area contributed by atoms with Crippen molar-refractivity contribution >= 4 is 35.1 Å². The van der Waals surface area contributed by atoms with Crippen LogP contribution in [0.25, 0.3) is 11.0 Å². The van der Waals surface area contributed by atoms with Crippen LogP contribution < -0.4 is 15.6 Å². The Labute approximate surface area is 183 Å². The molecule has 0 saturated carbocycles. The molecule has 160 valence electrons. The van der Waals surface area contributed by atoms with Gasteiger partial charge in [0.2, 0.25) is 5.95 Å². The Morgan fingerprint density at radius 2 is 1.84 bits per heavy atom. The van der Waals surface area contributed by atoms with Crippen molar-refractivity contribution in [3.05, 3.63) is 82.5 Å². The number of nitrogens with one attached hydrogen (secondary N) is 1. The molecule has 9 heteroatoms. The Bertz CT molecular complexity index is 1240. The van der Waals surface area contributed by atoms with Crippen molar-refractivity contribution in [2.45, 2.75) is 6.42 Å². The highest BCUT2D eigenvalue weighted by molar-refractivity contribution is 5.85. The molecule has 2 N–H and O–H groups in total. The second-order valence-corrected chi connectivity index (χ2v) is 6.70. The van der Waals surface area contributed by atoms with Crippen molar-refractivity contribution in [2.75, 3.05) is 11.9 Å². The van der Waals surface area contributed by atoms with E-state index in [1.165, 1.54) is 28.8 Å². The maximum absolute atomic E-state index is 13.1. The topological polar surface area (TPSA) is 89.3 Å². The van der Waals surface area contributed by atoms with Gasteiger partial charge in [-0.25, -0.2) is 9.37 Å². The summed E-state index contributed by atoms with van der Waals surface area (Å²) in [5, 5.41) is 12.7. The molecule has 2 aromatic heterocycles. The quantitative estimate of drug-likeness (QED) is 0.470. The van der Waals surface area contributed by atoms with E-state index in [-0.39, 0.29) is 36.1 Å². The SMILES string of the molecule is Cl.Cn1c(=O)c(Oc2ccc(F)cc2)cc2cnc(Nc3ccc(CCO)cc3)nc21. The molecule has 0 radical (unpaired) electrons. The minimum Gasteiger partial charge on any atom is -0.452 e. The number of anilines is 2. The summed E-state index contributed by atoms with van der Waals surface area (Å²) < 4.78 is 20.1. The molecule has 0 amide bonds. The van der Waals surface area contributed by atoms with E-state index in [9.17, 15) is 9.18 Å². The van der Waals surface area contributed by atoms with Gasteiger partial charge in [0.1, 0.15) is 17.2 Å². The second kappa shape index (κ2) is 9.55. The number of hydrogen-bond acceptors (Lipinski definition) is 6. The Morgan fingerprint density at radius 1 is 1.13 bits per heavy atom. The normalized spacial score (nSPS) is 10.5.